The maximum Gasteiger partial charge on any atom is 0.135 e. The Hall–Kier alpha value is -1.87. The lowest BCUT2D eigenvalue weighted by Crippen LogP contribution is -2.08. The molecule has 1 N–H and O–H groups in total. The summed E-state index contributed by atoms with van der Waals surface area (Å²) in [6.07, 6.45) is 0. The van der Waals surface area contributed by atoms with Crippen molar-refractivity contribution in [2.75, 3.05) is 0 Å². The molecule has 2 aromatic carbocycles. The summed E-state index contributed by atoms with van der Waals surface area (Å²) in [5, 5.41) is 5.23. The van der Waals surface area contributed by atoms with Gasteiger partial charge in [0.15, 0.2) is 0 Å². The quantitative estimate of drug-likeness (QED) is 0.560. The molecule has 0 aliphatic rings. The van der Waals surface area contributed by atoms with Crippen LogP contribution in [-0.4, -0.2) is 5.49 Å². The lowest BCUT2D eigenvalue weighted by Gasteiger charge is -2.01. The number of furan rings is 1. The third-order valence-electron chi connectivity index (χ3n) is 2.84. The van der Waals surface area contributed by atoms with Gasteiger partial charge in [-0.2, -0.15) is 0 Å². The Labute approximate surface area is 104 Å². The molecule has 0 saturated carbocycles. The van der Waals surface area contributed by atoms with Crippen molar-refractivity contribution in [2.24, 2.45) is 0 Å². The van der Waals surface area contributed by atoms with Crippen molar-refractivity contribution in [3.8, 4) is 0 Å². The number of hydrogen-bond acceptors (Lipinski definition) is 2. The van der Waals surface area contributed by atoms with E-state index in [1.165, 1.54) is 5.56 Å². The second-order valence-corrected chi connectivity index (χ2v) is 4.05. The molecular formula is C14H10NOS. The van der Waals surface area contributed by atoms with E-state index in [1.807, 2.05) is 30.3 Å². The Bertz CT molecular complexity index is 687. The van der Waals surface area contributed by atoms with Crippen LogP contribution < -0.4 is 5.32 Å². The molecular weight excluding hydrogens is 230 g/mol. The number of rotatable bonds is 3. The Morgan fingerprint density at radius 3 is 2.76 bits per heavy atom. The summed E-state index contributed by atoms with van der Waals surface area (Å²) in [5.74, 6) is 0. The van der Waals surface area contributed by atoms with Gasteiger partial charge in [0.25, 0.3) is 0 Å². The highest BCUT2D eigenvalue weighted by Crippen LogP contribution is 2.30. The molecule has 0 spiro atoms. The summed E-state index contributed by atoms with van der Waals surface area (Å²) in [6.45, 7) is 0.671. The van der Waals surface area contributed by atoms with Crippen molar-refractivity contribution in [2.45, 2.75) is 6.54 Å². The molecule has 1 aromatic heterocycles. The molecule has 1 heterocycles. The summed E-state index contributed by atoms with van der Waals surface area (Å²) in [7, 11) is 0. The van der Waals surface area contributed by atoms with Crippen molar-refractivity contribution in [1.82, 2.24) is 5.32 Å². The first-order valence-corrected chi connectivity index (χ1v) is 5.80. The standard InChI is InChI=1S/C14H10NOS/c17-9-15-8-10-4-3-7-13-14(10)11-5-1-2-6-12(11)16-13/h1-7H,8H2,(H,15,17). The van der Waals surface area contributed by atoms with Gasteiger partial charge in [-0.3, -0.25) is 0 Å². The Morgan fingerprint density at radius 1 is 1.06 bits per heavy atom. The number of nitrogens with one attached hydrogen (secondary N) is 1. The van der Waals surface area contributed by atoms with Gasteiger partial charge in [0.05, 0.1) is 0 Å². The van der Waals surface area contributed by atoms with Crippen LogP contribution in [0, 0.1) is 0 Å². The highest BCUT2D eigenvalue weighted by molar-refractivity contribution is 7.78. The SMILES string of the molecule is S=[C]NCc1cccc2oc3ccccc3c12. The largest absolute Gasteiger partial charge is 0.456 e. The fraction of sp³-hybridized carbons (Fsp3) is 0.0714. The van der Waals surface area contributed by atoms with E-state index in [1.54, 1.807) is 0 Å². The van der Waals surface area contributed by atoms with Gasteiger partial charge in [0.2, 0.25) is 0 Å². The average Bonchev–Trinajstić information content (AvgIpc) is 2.75. The van der Waals surface area contributed by atoms with Crippen molar-refractivity contribution in [1.29, 1.82) is 0 Å². The van der Waals surface area contributed by atoms with Crippen LogP contribution >= 0.6 is 12.2 Å². The zero-order chi connectivity index (χ0) is 11.7. The van der Waals surface area contributed by atoms with Crippen molar-refractivity contribution in [3.05, 3.63) is 48.0 Å². The van der Waals surface area contributed by atoms with E-state index in [-0.39, 0.29) is 0 Å². The van der Waals surface area contributed by atoms with Crippen LogP contribution in [0.3, 0.4) is 0 Å². The van der Waals surface area contributed by atoms with Crippen molar-refractivity contribution < 1.29 is 4.42 Å². The van der Waals surface area contributed by atoms with E-state index in [0.717, 1.165) is 21.9 Å². The van der Waals surface area contributed by atoms with E-state index < -0.39 is 0 Å². The van der Waals surface area contributed by atoms with Gasteiger partial charge in [-0.05, 0) is 17.7 Å². The zero-order valence-corrected chi connectivity index (χ0v) is 9.88. The molecule has 3 aromatic rings. The fourth-order valence-corrected chi connectivity index (χ4v) is 2.20. The van der Waals surface area contributed by atoms with Gasteiger partial charge < -0.3 is 9.73 Å². The minimum Gasteiger partial charge on any atom is -0.456 e. The van der Waals surface area contributed by atoms with E-state index in [2.05, 4.69) is 35.2 Å². The summed E-state index contributed by atoms with van der Waals surface area (Å²) in [6, 6.07) is 14.1. The molecule has 2 nitrogen and oxygen atoms in total. The van der Waals surface area contributed by atoms with E-state index in [9.17, 15) is 0 Å². The second-order valence-electron chi connectivity index (χ2n) is 3.84. The van der Waals surface area contributed by atoms with Crippen LogP contribution in [0.2, 0.25) is 0 Å². The van der Waals surface area contributed by atoms with Crippen molar-refractivity contribution >= 4 is 39.6 Å². The first-order chi connectivity index (χ1) is 8.40. The predicted octanol–water partition coefficient (Wildman–Crippen LogP) is 3.51. The third-order valence-corrected chi connectivity index (χ3v) is 2.98. The molecule has 3 rings (SSSR count). The van der Waals surface area contributed by atoms with Crippen LogP contribution in [0.15, 0.2) is 46.9 Å². The molecule has 3 heteroatoms. The number of thiocarbonyl (C=S) groups is 1. The zero-order valence-electron chi connectivity index (χ0n) is 9.07. The average molecular weight is 240 g/mol. The lowest BCUT2D eigenvalue weighted by atomic mass is 10.1. The van der Waals surface area contributed by atoms with Crippen LogP contribution in [0.5, 0.6) is 0 Å². The van der Waals surface area contributed by atoms with Gasteiger partial charge in [-0.1, -0.05) is 42.5 Å². The van der Waals surface area contributed by atoms with E-state index in [0.29, 0.717) is 6.54 Å². The molecule has 0 fully saturated rings. The van der Waals surface area contributed by atoms with Crippen LogP contribution in [0.25, 0.3) is 21.9 Å². The molecule has 1 radical (unpaired) electrons. The molecule has 0 saturated heterocycles. The highest BCUT2D eigenvalue weighted by Gasteiger charge is 2.09. The Morgan fingerprint density at radius 2 is 1.88 bits per heavy atom. The van der Waals surface area contributed by atoms with Crippen LogP contribution in [-0.2, 0) is 6.54 Å². The maximum absolute atomic E-state index is 5.80. The van der Waals surface area contributed by atoms with Crippen molar-refractivity contribution in [3.63, 3.8) is 0 Å². The topological polar surface area (TPSA) is 25.2 Å². The molecule has 0 amide bonds. The molecule has 0 atom stereocenters. The maximum atomic E-state index is 5.80. The molecule has 0 aliphatic carbocycles. The summed E-state index contributed by atoms with van der Waals surface area (Å²) < 4.78 is 5.80. The molecule has 0 bridgehead atoms. The summed E-state index contributed by atoms with van der Waals surface area (Å²) >= 11 is 4.66. The molecule has 17 heavy (non-hydrogen) atoms. The van der Waals surface area contributed by atoms with E-state index >= 15 is 0 Å². The summed E-state index contributed by atoms with van der Waals surface area (Å²) in [4.78, 5) is 0. The predicted molar refractivity (Wildman–Crippen MR) is 73.2 cm³/mol. The molecule has 0 aliphatic heterocycles. The third kappa shape index (κ3) is 1.68. The van der Waals surface area contributed by atoms with Gasteiger partial charge in [0, 0.05) is 17.3 Å². The van der Waals surface area contributed by atoms with Gasteiger partial charge in [0.1, 0.15) is 16.7 Å². The Kier molecular flexibility index (Phi) is 2.53. The molecule has 0 unspecified atom stereocenters. The number of benzene rings is 2. The monoisotopic (exact) mass is 240 g/mol. The lowest BCUT2D eigenvalue weighted by molar-refractivity contribution is 0.668. The van der Waals surface area contributed by atoms with Gasteiger partial charge >= 0.3 is 0 Å². The summed E-state index contributed by atoms with van der Waals surface area (Å²) in [5.41, 5.74) is 5.52. The number of fused-ring (bicyclic) bond motifs is 3. The first kappa shape index (κ1) is 10.3. The number of hydrogen-bond donors (Lipinski definition) is 1. The second kappa shape index (κ2) is 4.18. The smallest absolute Gasteiger partial charge is 0.135 e. The minimum absolute atomic E-state index is 0.671. The molecule has 83 valence electrons. The minimum atomic E-state index is 0.671. The van der Waals surface area contributed by atoms with Crippen LogP contribution in [0.4, 0.5) is 0 Å². The fourth-order valence-electron chi connectivity index (χ4n) is 2.13. The van der Waals surface area contributed by atoms with Gasteiger partial charge in [-0.15, -0.1) is 0 Å². The van der Waals surface area contributed by atoms with E-state index in [4.69, 9.17) is 4.42 Å². The van der Waals surface area contributed by atoms with Crippen LogP contribution in [0.1, 0.15) is 5.56 Å². The highest BCUT2D eigenvalue weighted by atomic mass is 32.1. The Balaban J connectivity index is 2.31. The normalized spacial score (nSPS) is 10.8. The number of para-hydroxylation sites is 1. The van der Waals surface area contributed by atoms with Gasteiger partial charge in [-0.25, -0.2) is 0 Å². The first-order valence-electron chi connectivity index (χ1n) is 5.39.